The third-order valence-corrected chi connectivity index (χ3v) is 2.98. The molecule has 0 heterocycles. The van der Waals surface area contributed by atoms with Gasteiger partial charge in [-0.05, 0) is 50.5 Å². The largest absolute Gasteiger partial charge is 0.481 e. The summed E-state index contributed by atoms with van der Waals surface area (Å²) in [6, 6.07) is 5.83. The Kier molecular flexibility index (Phi) is 6.36. The van der Waals surface area contributed by atoms with E-state index in [2.05, 4.69) is 5.32 Å². The van der Waals surface area contributed by atoms with Crippen molar-refractivity contribution in [3.05, 3.63) is 29.3 Å². The third kappa shape index (κ3) is 5.30. The highest BCUT2D eigenvalue weighted by Crippen LogP contribution is 2.17. The van der Waals surface area contributed by atoms with Crippen molar-refractivity contribution in [2.75, 3.05) is 20.3 Å². The zero-order chi connectivity index (χ0) is 14.3. The fraction of sp³-hybridized carbons (Fsp3) is 0.533. The smallest absolute Gasteiger partial charge is 0.260 e. The van der Waals surface area contributed by atoms with Crippen LogP contribution < -0.4 is 10.1 Å². The second-order valence-electron chi connectivity index (χ2n) is 4.64. The minimum absolute atomic E-state index is 0.102. The minimum atomic E-state index is -0.496. The van der Waals surface area contributed by atoms with Crippen molar-refractivity contribution in [3.8, 4) is 5.75 Å². The molecule has 1 unspecified atom stereocenters. The SMILES string of the molecule is COCCCNC(=O)C(C)Oc1ccc(C)c(C)c1. The first-order chi connectivity index (χ1) is 9.04. The van der Waals surface area contributed by atoms with Gasteiger partial charge < -0.3 is 14.8 Å². The van der Waals surface area contributed by atoms with Gasteiger partial charge in [-0.25, -0.2) is 0 Å². The molecule has 1 rings (SSSR count). The Morgan fingerprint density at radius 3 is 2.68 bits per heavy atom. The lowest BCUT2D eigenvalue weighted by Gasteiger charge is -2.15. The van der Waals surface area contributed by atoms with Crippen LogP contribution in [-0.2, 0) is 9.53 Å². The van der Waals surface area contributed by atoms with E-state index in [1.807, 2.05) is 32.0 Å². The van der Waals surface area contributed by atoms with Crippen LogP contribution in [0.5, 0.6) is 5.75 Å². The van der Waals surface area contributed by atoms with E-state index in [0.29, 0.717) is 13.2 Å². The van der Waals surface area contributed by atoms with Gasteiger partial charge in [-0.2, -0.15) is 0 Å². The summed E-state index contributed by atoms with van der Waals surface area (Å²) >= 11 is 0. The molecule has 1 atom stereocenters. The number of nitrogens with one attached hydrogen (secondary N) is 1. The lowest BCUT2D eigenvalue weighted by atomic mass is 10.1. The first-order valence-corrected chi connectivity index (χ1v) is 6.55. The monoisotopic (exact) mass is 265 g/mol. The number of hydrogen-bond acceptors (Lipinski definition) is 3. The number of aryl methyl sites for hydroxylation is 2. The van der Waals surface area contributed by atoms with Crippen molar-refractivity contribution in [2.45, 2.75) is 33.3 Å². The number of hydrogen-bond donors (Lipinski definition) is 1. The van der Waals surface area contributed by atoms with Gasteiger partial charge in [0.1, 0.15) is 5.75 Å². The molecule has 0 fully saturated rings. The Balaban J connectivity index is 2.42. The van der Waals surface area contributed by atoms with E-state index in [9.17, 15) is 4.79 Å². The topological polar surface area (TPSA) is 47.6 Å². The lowest BCUT2D eigenvalue weighted by Crippen LogP contribution is -2.37. The second-order valence-corrected chi connectivity index (χ2v) is 4.64. The summed E-state index contributed by atoms with van der Waals surface area (Å²) in [7, 11) is 1.65. The van der Waals surface area contributed by atoms with Gasteiger partial charge in [-0.15, -0.1) is 0 Å². The molecular weight excluding hydrogens is 242 g/mol. The van der Waals surface area contributed by atoms with Gasteiger partial charge in [-0.3, -0.25) is 4.79 Å². The standard InChI is InChI=1S/C15H23NO3/c1-11-6-7-14(10-12(11)2)19-13(3)15(17)16-8-5-9-18-4/h6-7,10,13H,5,8-9H2,1-4H3,(H,16,17). The van der Waals surface area contributed by atoms with Gasteiger partial charge in [-0.1, -0.05) is 6.07 Å². The molecule has 0 bridgehead atoms. The van der Waals surface area contributed by atoms with Crippen molar-refractivity contribution in [1.82, 2.24) is 5.32 Å². The molecule has 0 aliphatic heterocycles. The summed E-state index contributed by atoms with van der Waals surface area (Å²) in [5, 5.41) is 2.82. The van der Waals surface area contributed by atoms with Crippen LogP contribution in [0, 0.1) is 13.8 Å². The summed E-state index contributed by atoms with van der Waals surface area (Å²) in [5.74, 6) is 0.622. The normalized spacial score (nSPS) is 12.0. The zero-order valence-electron chi connectivity index (χ0n) is 12.2. The predicted octanol–water partition coefficient (Wildman–Crippen LogP) is 2.22. The average molecular weight is 265 g/mol. The number of amides is 1. The van der Waals surface area contributed by atoms with Gasteiger partial charge in [0, 0.05) is 20.3 Å². The molecule has 19 heavy (non-hydrogen) atoms. The van der Waals surface area contributed by atoms with Crippen molar-refractivity contribution in [1.29, 1.82) is 0 Å². The van der Waals surface area contributed by atoms with Crippen LogP contribution in [-0.4, -0.2) is 32.3 Å². The van der Waals surface area contributed by atoms with E-state index in [-0.39, 0.29) is 5.91 Å². The molecule has 0 aliphatic rings. The molecule has 4 heteroatoms. The van der Waals surface area contributed by atoms with Crippen molar-refractivity contribution >= 4 is 5.91 Å². The van der Waals surface area contributed by atoms with Gasteiger partial charge >= 0.3 is 0 Å². The fourth-order valence-corrected chi connectivity index (χ4v) is 1.62. The molecule has 1 N–H and O–H groups in total. The maximum Gasteiger partial charge on any atom is 0.260 e. The van der Waals surface area contributed by atoms with E-state index in [1.54, 1.807) is 14.0 Å². The van der Waals surface area contributed by atoms with Gasteiger partial charge in [0.25, 0.3) is 5.91 Å². The number of benzene rings is 1. The second kappa shape index (κ2) is 7.79. The Labute approximate surface area is 115 Å². The highest BCUT2D eigenvalue weighted by atomic mass is 16.5. The van der Waals surface area contributed by atoms with E-state index in [4.69, 9.17) is 9.47 Å². The third-order valence-electron chi connectivity index (χ3n) is 2.98. The average Bonchev–Trinajstić information content (AvgIpc) is 2.38. The molecule has 0 saturated heterocycles. The highest BCUT2D eigenvalue weighted by molar-refractivity contribution is 5.80. The number of rotatable bonds is 7. The molecule has 1 aromatic rings. The molecule has 4 nitrogen and oxygen atoms in total. The number of methoxy groups -OCH3 is 1. The molecule has 1 aromatic carbocycles. The van der Waals surface area contributed by atoms with E-state index in [1.165, 1.54) is 5.56 Å². The molecule has 0 aromatic heterocycles. The Bertz CT molecular complexity index is 418. The van der Waals surface area contributed by atoms with Crippen molar-refractivity contribution < 1.29 is 14.3 Å². The van der Waals surface area contributed by atoms with Crippen LogP contribution in [0.4, 0.5) is 0 Å². The summed E-state index contributed by atoms with van der Waals surface area (Å²) in [6.07, 6.45) is 0.308. The van der Waals surface area contributed by atoms with Crippen LogP contribution in [0.25, 0.3) is 0 Å². The highest BCUT2D eigenvalue weighted by Gasteiger charge is 2.14. The van der Waals surface area contributed by atoms with Crippen molar-refractivity contribution in [3.63, 3.8) is 0 Å². The van der Waals surface area contributed by atoms with Crippen LogP contribution in [0.3, 0.4) is 0 Å². The number of carbonyl (C=O) groups is 1. The van der Waals surface area contributed by atoms with Crippen LogP contribution in [0.1, 0.15) is 24.5 Å². The Morgan fingerprint density at radius 2 is 2.05 bits per heavy atom. The fourth-order valence-electron chi connectivity index (χ4n) is 1.62. The quantitative estimate of drug-likeness (QED) is 0.769. The van der Waals surface area contributed by atoms with E-state index in [0.717, 1.165) is 17.7 Å². The maximum absolute atomic E-state index is 11.8. The Morgan fingerprint density at radius 1 is 1.32 bits per heavy atom. The molecule has 0 radical (unpaired) electrons. The molecule has 1 amide bonds. The van der Waals surface area contributed by atoms with E-state index < -0.39 is 6.10 Å². The van der Waals surface area contributed by atoms with E-state index >= 15 is 0 Å². The van der Waals surface area contributed by atoms with Crippen LogP contribution >= 0.6 is 0 Å². The van der Waals surface area contributed by atoms with Crippen LogP contribution in [0.15, 0.2) is 18.2 Å². The predicted molar refractivity (Wildman–Crippen MR) is 75.5 cm³/mol. The first-order valence-electron chi connectivity index (χ1n) is 6.55. The molecule has 0 saturated carbocycles. The summed E-state index contributed by atoms with van der Waals surface area (Å²) in [4.78, 5) is 11.8. The van der Waals surface area contributed by atoms with Gasteiger partial charge in [0.2, 0.25) is 0 Å². The first kappa shape index (κ1) is 15.5. The number of carbonyl (C=O) groups excluding carboxylic acids is 1. The Hall–Kier alpha value is -1.55. The van der Waals surface area contributed by atoms with Crippen LogP contribution in [0.2, 0.25) is 0 Å². The van der Waals surface area contributed by atoms with Gasteiger partial charge in [0.15, 0.2) is 6.10 Å². The molecule has 0 aliphatic carbocycles. The summed E-state index contributed by atoms with van der Waals surface area (Å²) < 4.78 is 10.5. The van der Waals surface area contributed by atoms with Crippen molar-refractivity contribution in [2.24, 2.45) is 0 Å². The summed E-state index contributed by atoms with van der Waals surface area (Å²) in [6.45, 7) is 7.07. The molecule has 0 spiro atoms. The maximum atomic E-state index is 11.8. The number of ether oxygens (including phenoxy) is 2. The van der Waals surface area contributed by atoms with Gasteiger partial charge in [0.05, 0.1) is 0 Å². The zero-order valence-corrected chi connectivity index (χ0v) is 12.2. The molecule has 106 valence electrons. The lowest BCUT2D eigenvalue weighted by molar-refractivity contribution is -0.127. The molecular formula is C15H23NO3. The minimum Gasteiger partial charge on any atom is -0.481 e. The summed E-state index contributed by atoms with van der Waals surface area (Å²) in [5.41, 5.74) is 2.37.